The van der Waals surface area contributed by atoms with Crippen LogP contribution in [0.1, 0.15) is 31.6 Å². The number of carbonyl (C=O) groups is 1. The van der Waals surface area contributed by atoms with Crippen LogP contribution in [0.15, 0.2) is 34.2 Å². The number of hydrogen-bond donors (Lipinski definition) is 0. The first kappa shape index (κ1) is 21.5. The summed E-state index contributed by atoms with van der Waals surface area (Å²) in [5, 5.41) is 1.04. The number of ether oxygens (including phenoxy) is 1. The normalized spacial score (nSPS) is 11.2. The van der Waals surface area contributed by atoms with Gasteiger partial charge in [0.1, 0.15) is 10.6 Å². The van der Waals surface area contributed by atoms with Crippen LogP contribution in [-0.2, 0) is 16.1 Å². The Morgan fingerprint density at radius 1 is 1.28 bits per heavy atom. The van der Waals surface area contributed by atoms with Gasteiger partial charge in [-0.15, -0.1) is 11.3 Å². The first-order chi connectivity index (χ1) is 14.0. The molecule has 0 aliphatic heterocycles. The van der Waals surface area contributed by atoms with Crippen LogP contribution in [0, 0.1) is 12.7 Å². The molecule has 0 spiro atoms. The Balaban J connectivity index is 1.97. The second-order valence-electron chi connectivity index (χ2n) is 6.53. The van der Waals surface area contributed by atoms with Crippen molar-refractivity contribution in [1.29, 1.82) is 0 Å². The van der Waals surface area contributed by atoms with Gasteiger partial charge >= 0.3 is 5.97 Å². The molecule has 0 saturated heterocycles. The van der Waals surface area contributed by atoms with Crippen LogP contribution >= 0.6 is 23.1 Å². The number of benzene rings is 1. The molecule has 0 atom stereocenters. The Morgan fingerprint density at radius 3 is 2.66 bits per heavy atom. The summed E-state index contributed by atoms with van der Waals surface area (Å²) < 4.78 is 20.1. The zero-order valence-corrected chi connectivity index (χ0v) is 18.3. The van der Waals surface area contributed by atoms with Crippen molar-refractivity contribution < 1.29 is 13.9 Å². The molecule has 5 nitrogen and oxygen atoms in total. The third kappa shape index (κ3) is 4.70. The summed E-state index contributed by atoms with van der Waals surface area (Å²) in [6.07, 6.45) is 1.79. The number of aryl methyl sites for hydroxylation is 1. The van der Waals surface area contributed by atoms with Crippen molar-refractivity contribution in [2.75, 3.05) is 12.4 Å². The SMILES string of the molecule is CCCCOC(=O)CSc1nc2sc(C)c(-c3ccc(F)cc3)c2c(=O)n1CC. The Kier molecular flexibility index (Phi) is 7.08. The second-order valence-corrected chi connectivity index (χ2v) is 8.67. The zero-order chi connectivity index (χ0) is 21.0. The Labute approximate surface area is 176 Å². The van der Waals surface area contributed by atoms with E-state index in [1.165, 1.54) is 35.2 Å². The van der Waals surface area contributed by atoms with Gasteiger partial charge in [0.05, 0.1) is 17.7 Å². The van der Waals surface area contributed by atoms with Crippen molar-refractivity contribution in [3.05, 3.63) is 45.3 Å². The lowest BCUT2D eigenvalue weighted by atomic mass is 10.0. The number of thiophene rings is 1. The molecule has 8 heteroatoms. The third-order valence-electron chi connectivity index (χ3n) is 4.48. The number of rotatable bonds is 8. The molecule has 0 amide bonds. The van der Waals surface area contributed by atoms with E-state index >= 15 is 0 Å². The molecule has 0 N–H and O–H groups in total. The molecule has 0 aliphatic carbocycles. The number of hydrogen-bond acceptors (Lipinski definition) is 6. The highest BCUT2D eigenvalue weighted by Crippen LogP contribution is 2.36. The van der Waals surface area contributed by atoms with Crippen LogP contribution in [-0.4, -0.2) is 27.9 Å². The van der Waals surface area contributed by atoms with Gasteiger partial charge in [0, 0.05) is 17.0 Å². The molecular formula is C21H23FN2O3S2. The van der Waals surface area contributed by atoms with E-state index in [1.807, 2.05) is 20.8 Å². The average molecular weight is 435 g/mol. The van der Waals surface area contributed by atoms with Gasteiger partial charge in [0.15, 0.2) is 5.16 Å². The predicted molar refractivity (Wildman–Crippen MR) is 116 cm³/mol. The summed E-state index contributed by atoms with van der Waals surface area (Å²) in [6.45, 7) is 6.68. The second kappa shape index (κ2) is 9.54. The van der Waals surface area contributed by atoms with Gasteiger partial charge < -0.3 is 4.74 Å². The van der Waals surface area contributed by atoms with E-state index < -0.39 is 0 Å². The number of halogens is 1. The van der Waals surface area contributed by atoms with Crippen molar-refractivity contribution >= 4 is 39.3 Å². The minimum absolute atomic E-state index is 0.108. The number of thioether (sulfide) groups is 1. The van der Waals surface area contributed by atoms with Crippen LogP contribution in [0.25, 0.3) is 21.3 Å². The predicted octanol–water partition coefficient (Wildman–Crippen LogP) is 5.03. The van der Waals surface area contributed by atoms with Crippen molar-refractivity contribution in [3.8, 4) is 11.1 Å². The molecule has 0 fully saturated rings. The number of nitrogens with zero attached hydrogens (tertiary/aromatic N) is 2. The summed E-state index contributed by atoms with van der Waals surface area (Å²) in [7, 11) is 0. The standard InChI is InChI=1S/C21H23FN2O3S2/c1-4-6-11-27-16(25)12-28-21-23-19-18(20(26)24(21)5-2)17(13(3)29-19)14-7-9-15(22)10-8-14/h7-10H,4-6,11-12H2,1-3H3. The number of esters is 1. The molecule has 0 bridgehead atoms. The first-order valence-electron chi connectivity index (χ1n) is 9.54. The lowest BCUT2D eigenvalue weighted by Gasteiger charge is -2.10. The topological polar surface area (TPSA) is 61.2 Å². The van der Waals surface area contributed by atoms with E-state index in [-0.39, 0.29) is 23.1 Å². The molecule has 3 aromatic rings. The molecule has 0 saturated carbocycles. The highest BCUT2D eigenvalue weighted by molar-refractivity contribution is 7.99. The van der Waals surface area contributed by atoms with Crippen molar-refractivity contribution in [2.45, 2.75) is 45.3 Å². The Hall–Kier alpha value is -2.19. The van der Waals surface area contributed by atoms with Crippen LogP contribution < -0.4 is 5.56 Å². The van der Waals surface area contributed by atoms with E-state index in [4.69, 9.17) is 4.74 Å². The number of carbonyl (C=O) groups excluding carboxylic acids is 1. The van der Waals surface area contributed by atoms with Crippen molar-refractivity contribution in [2.24, 2.45) is 0 Å². The van der Waals surface area contributed by atoms with Crippen LogP contribution in [0.3, 0.4) is 0 Å². The lowest BCUT2D eigenvalue weighted by molar-refractivity contribution is -0.140. The maximum absolute atomic E-state index is 13.3. The lowest BCUT2D eigenvalue weighted by Crippen LogP contribution is -2.23. The molecule has 3 rings (SSSR count). The fourth-order valence-corrected chi connectivity index (χ4v) is 4.97. The number of aromatic nitrogens is 2. The Bertz CT molecular complexity index is 1070. The van der Waals surface area contributed by atoms with Gasteiger partial charge in [-0.05, 0) is 38.0 Å². The minimum atomic E-state index is -0.320. The molecule has 2 aromatic heterocycles. The van der Waals surface area contributed by atoms with Crippen LogP contribution in [0.4, 0.5) is 4.39 Å². The summed E-state index contributed by atoms with van der Waals surface area (Å²) in [5.74, 6) is -0.522. The van der Waals surface area contributed by atoms with E-state index in [1.54, 1.807) is 16.7 Å². The summed E-state index contributed by atoms with van der Waals surface area (Å²) in [4.78, 5) is 31.4. The number of fused-ring (bicyclic) bond motifs is 1. The van der Waals surface area contributed by atoms with E-state index in [2.05, 4.69) is 4.98 Å². The van der Waals surface area contributed by atoms with Gasteiger partial charge in [-0.1, -0.05) is 37.2 Å². The largest absolute Gasteiger partial charge is 0.465 e. The van der Waals surface area contributed by atoms with Crippen LogP contribution in [0.2, 0.25) is 0 Å². The number of unbranched alkanes of at least 4 members (excludes halogenated alkanes) is 1. The summed E-state index contributed by atoms with van der Waals surface area (Å²) in [6, 6.07) is 6.12. The molecule has 0 radical (unpaired) electrons. The summed E-state index contributed by atoms with van der Waals surface area (Å²) in [5.41, 5.74) is 1.43. The molecule has 29 heavy (non-hydrogen) atoms. The molecule has 0 unspecified atom stereocenters. The van der Waals surface area contributed by atoms with Gasteiger partial charge in [0.2, 0.25) is 0 Å². The maximum Gasteiger partial charge on any atom is 0.316 e. The minimum Gasteiger partial charge on any atom is -0.465 e. The van der Waals surface area contributed by atoms with Crippen LogP contribution in [0.5, 0.6) is 0 Å². The first-order valence-corrected chi connectivity index (χ1v) is 11.3. The molecule has 2 heterocycles. The van der Waals surface area contributed by atoms with E-state index in [9.17, 15) is 14.0 Å². The van der Waals surface area contributed by atoms with Gasteiger partial charge in [0.25, 0.3) is 5.56 Å². The smallest absolute Gasteiger partial charge is 0.316 e. The van der Waals surface area contributed by atoms with Gasteiger partial charge in [-0.2, -0.15) is 0 Å². The fraction of sp³-hybridized carbons (Fsp3) is 0.381. The fourth-order valence-electron chi connectivity index (χ4n) is 3.02. The molecule has 1 aromatic carbocycles. The van der Waals surface area contributed by atoms with Gasteiger partial charge in [-0.3, -0.25) is 14.2 Å². The van der Waals surface area contributed by atoms with E-state index in [0.717, 1.165) is 28.8 Å². The highest BCUT2D eigenvalue weighted by atomic mass is 32.2. The maximum atomic E-state index is 13.3. The molecule has 0 aliphatic rings. The highest BCUT2D eigenvalue weighted by Gasteiger charge is 2.20. The zero-order valence-electron chi connectivity index (χ0n) is 16.7. The Morgan fingerprint density at radius 2 is 2.00 bits per heavy atom. The molecular weight excluding hydrogens is 411 g/mol. The van der Waals surface area contributed by atoms with Crippen molar-refractivity contribution in [1.82, 2.24) is 9.55 Å². The quantitative estimate of drug-likeness (QED) is 0.215. The monoisotopic (exact) mass is 434 g/mol. The van der Waals surface area contributed by atoms with Gasteiger partial charge in [-0.25, -0.2) is 9.37 Å². The third-order valence-corrected chi connectivity index (χ3v) is 6.43. The summed E-state index contributed by atoms with van der Waals surface area (Å²) >= 11 is 2.64. The van der Waals surface area contributed by atoms with E-state index in [0.29, 0.717) is 28.5 Å². The van der Waals surface area contributed by atoms with Crippen molar-refractivity contribution in [3.63, 3.8) is 0 Å². The average Bonchev–Trinajstić information content (AvgIpc) is 3.03. The molecule has 154 valence electrons.